The summed E-state index contributed by atoms with van der Waals surface area (Å²) in [5.74, 6) is 0.784. The SMILES string of the molecule is COC(=O)N1C(c2cccc(OC)c2)CC(C)=C(Br)C1(C)C. The first-order valence-electron chi connectivity index (χ1n) is 7.20. The number of hydrogen-bond donors (Lipinski definition) is 0. The predicted molar refractivity (Wildman–Crippen MR) is 90.3 cm³/mol. The van der Waals surface area contributed by atoms with Crippen molar-refractivity contribution in [3.8, 4) is 5.75 Å². The Morgan fingerprint density at radius 1 is 1.36 bits per heavy atom. The third-order valence-electron chi connectivity index (χ3n) is 4.18. The van der Waals surface area contributed by atoms with Crippen LogP contribution in [0.25, 0.3) is 0 Å². The second-order valence-electron chi connectivity index (χ2n) is 5.99. The number of methoxy groups -OCH3 is 2. The van der Waals surface area contributed by atoms with Gasteiger partial charge in [0.1, 0.15) is 5.75 Å². The Bertz CT molecular complexity index is 610. The average molecular weight is 368 g/mol. The molecule has 0 N–H and O–H groups in total. The van der Waals surface area contributed by atoms with Gasteiger partial charge in [-0.25, -0.2) is 4.79 Å². The monoisotopic (exact) mass is 367 g/mol. The molecule has 0 saturated carbocycles. The van der Waals surface area contributed by atoms with Crippen LogP contribution in [-0.4, -0.2) is 30.8 Å². The molecule has 5 heteroatoms. The molecule has 0 radical (unpaired) electrons. The highest BCUT2D eigenvalue weighted by Crippen LogP contribution is 2.46. The topological polar surface area (TPSA) is 38.8 Å². The molecule has 1 aliphatic heterocycles. The number of ether oxygens (including phenoxy) is 2. The summed E-state index contributed by atoms with van der Waals surface area (Å²) in [7, 11) is 3.06. The van der Waals surface area contributed by atoms with Crippen molar-refractivity contribution in [2.24, 2.45) is 0 Å². The summed E-state index contributed by atoms with van der Waals surface area (Å²) in [5, 5.41) is 0. The highest BCUT2D eigenvalue weighted by molar-refractivity contribution is 9.11. The maximum Gasteiger partial charge on any atom is 0.410 e. The molecule has 1 aromatic carbocycles. The van der Waals surface area contributed by atoms with E-state index >= 15 is 0 Å². The van der Waals surface area contributed by atoms with Crippen LogP contribution < -0.4 is 4.74 Å². The fourth-order valence-electron chi connectivity index (χ4n) is 3.06. The lowest BCUT2D eigenvalue weighted by Crippen LogP contribution is -2.52. The van der Waals surface area contributed by atoms with Gasteiger partial charge in [-0.1, -0.05) is 33.6 Å². The first kappa shape index (κ1) is 16.9. The zero-order chi connectivity index (χ0) is 16.5. The Hall–Kier alpha value is -1.49. The maximum atomic E-state index is 12.4. The summed E-state index contributed by atoms with van der Waals surface area (Å²) in [5.41, 5.74) is 1.80. The fourth-order valence-corrected chi connectivity index (χ4v) is 3.41. The van der Waals surface area contributed by atoms with Crippen molar-refractivity contribution in [1.29, 1.82) is 0 Å². The molecule has 1 unspecified atom stereocenters. The van der Waals surface area contributed by atoms with Gasteiger partial charge in [-0.15, -0.1) is 0 Å². The van der Waals surface area contributed by atoms with E-state index in [0.717, 1.165) is 22.2 Å². The Morgan fingerprint density at radius 2 is 2.05 bits per heavy atom. The number of halogens is 1. The first-order valence-corrected chi connectivity index (χ1v) is 7.99. The van der Waals surface area contributed by atoms with Crippen LogP contribution in [0.3, 0.4) is 0 Å². The molecule has 0 spiro atoms. The van der Waals surface area contributed by atoms with E-state index < -0.39 is 5.54 Å². The van der Waals surface area contributed by atoms with E-state index in [2.05, 4.69) is 22.9 Å². The lowest BCUT2D eigenvalue weighted by atomic mass is 9.85. The molecule has 1 heterocycles. The van der Waals surface area contributed by atoms with Crippen molar-refractivity contribution >= 4 is 22.0 Å². The van der Waals surface area contributed by atoms with Gasteiger partial charge < -0.3 is 9.47 Å². The van der Waals surface area contributed by atoms with Gasteiger partial charge in [0.05, 0.1) is 25.8 Å². The second-order valence-corrected chi connectivity index (χ2v) is 6.78. The number of benzene rings is 1. The van der Waals surface area contributed by atoms with Gasteiger partial charge in [-0.05, 0) is 44.9 Å². The highest BCUT2D eigenvalue weighted by Gasteiger charge is 2.44. The van der Waals surface area contributed by atoms with Crippen LogP contribution in [0.2, 0.25) is 0 Å². The fraction of sp³-hybridized carbons (Fsp3) is 0.471. The van der Waals surface area contributed by atoms with Crippen LogP contribution in [-0.2, 0) is 4.74 Å². The summed E-state index contributed by atoms with van der Waals surface area (Å²) >= 11 is 3.65. The highest BCUT2D eigenvalue weighted by atomic mass is 79.9. The third-order valence-corrected chi connectivity index (χ3v) is 5.82. The Labute approximate surface area is 140 Å². The van der Waals surface area contributed by atoms with E-state index in [1.807, 2.05) is 38.1 Å². The first-order chi connectivity index (χ1) is 10.3. The Kier molecular flexibility index (Phi) is 4.85. The normalized spacial score (nSPS) is 20.8. The van der Waals surface area contributed by atoms with Gasteiger partial charge in [0.15, 0.2) is 0 Å². The minimum absolute atomic E-state index is 0.0844. The van der Waals surface area contributed by atoms with E-state index in [9.17, 15) is 4.79 Å². The van der Waals surface area contributed by atoms with Crippen molar-refractivity contribution in [2.45, 2.75) is 38.8 Å². The molecule has 2 rings (SSSR count). The number of nitrogens with zero attached hydrogens (tertiary/aromatic N) is 1. The van der Waals surface area contributed by atoms with E-state index in [0.29, 0.717) is 0 Å². The standard InChI is InChI=1S/C17H22BrNO3/c1-11-9-14(12-7-6-8-13(10-12)21-4)19(16(20)22-5)17(2,3)15(11)18/h6-8,10,14H,9H2,1-5H3. The zero-order valence-electron chi connectivity index (χ0n) is 13.6. The number of carbonyl (C=O) groups is 1. The molecular weight excluding hydrogens is 346 g/mol. The van der Waals surface area contributed by atoms with Crippen LogP contribution in [0.5, 0.6) is 5.75 Å². The van der Waals surface area contributed by atoms with Gasteiger partial charge in [-0.3, -0.25) is 4.90 Å². The van der Waals surface area contributed by atoms with Crippen molar-refractivity contribution in [2.75, 3.05) is 14.2 Å². The average Bonchev–Trinajstić information content (AvgIpc) is 2.51. The lowest BCUT2D eigenvalue weighted by Gasteiger charge is -2.47. The molecule has 0 fully saturated rings. The molecule has 0 saturated heterocycles. The minimum atomic E-state index is -0.469. The number of carbonyl (C=O) groups excluding carboxylic acids is 1. The zero-order valence-corrected chi connectivity index (χ0v) is 15.2. The largest absolute Gasteiger partial charge is 0.497 e. The maximum absolute atomic E-state index is 12.4. The van der Waals surface area contributed by atoms with Crippen LogP contribution in [0, 0.1) is 0 Å². The summed E-state index contributed by atoms with van der Waals surface area (Å²) < 4.78 is 11.4. The van der Waals surface area contributed by atoms with E-state index in [4.69, 9.17) is 9.47 Å². The molecule has 1 atom stereocenters. The van der Waals surface area contributed by atoms with Crippen LogP contribution >= 0.6 is 15.9 Å². The van der Waals surface area contributed by atoms with E-state index in [1.165, 1.54) is 12.7 Å². The van der Waals surface area contributed by atoms with Crippen LogP contribution in [0.1, 0.15) is 38.8 Å². The lowest BCUT2D eigenvalue weighted by molar-refractivity contribution is 0.0592. The molecule has 1 aromatic rings. The summed E-state index contributed by atoms with van der Waals surface area (Å²) in [4.78, 5) is 14.2. The van der Waals surface area contributed by atoms with Crippen molar-refractivity contribution in [3.63, 3.8) is 0 Å². The number of rotatable bonds is 2. The molecule has 4 nitrogen and oxygen atoms in total. The van der Waals surface area contributed by atoms with Crippen LogP contribution in [0.15, 0.2) is 34.3 Å². The number of amides is 1. The van der Waals surface area contributed by atoms with Gasteiger partial charge in [-0.2, -0.15) is 0 Å². The smallest absolute Gasteiger partial charge is 0.410 e. The summed E-state index contributed by atoms with van der Waals surface area (Å²) in [6.07, 6.45) is 0.425. The second kappa shape index (κ2) is 6.32. The summed E-state index contributed by atoms with van der Waals surface area (Å²) in [6.45, 7) is 6.13. The molecule has 0 aromatic heterocycles. The van der Waals surface area contributed by atoms with E-state index in [1.54, 1.807) is 12.0 Å². The molecular formula is C17H22BrNO3. The molecule has 22 heavy (non-hydrogen) atoms. The van der Waals surface area contributed by atoms with Crippen LogP contribution in [0.4, 0.5) is 4.79 Å². The molecule has 0 aliphatic carbocycles. The molecule has 1 aliphatic rings. The molecule has 120 valence electrons. The molecule has 0 bridgehead atoms. The quantitative estimate of drug-likeness (QED) is 0.762. The number of hydrogen-bond acceptors (Lipinski definition) is 3. The Morgan fingerprint density at radius 3 is 2.64 bits per heavy atom. The predicted octanol–water partition coefficient (Wildman–Crippen LogP) is 4.66. The summed E-state index contributed by atoms with van der Waals surface area (Å²) in [6, 6.07) is 7.76. The third kappa shape index (κ3) is 2.86. The van der Waals surface area contributed by atoms with Crippen molar-refractivity contribution < 1.29 is 14.3 Å². The van der Waals surface area contributed by atoms with Gasteiger partial charge in [0, 0.05) is 4.48 Å². The van der Waals surface area contributed by atoms with Gasteiger partial charge in [0.2, 0.25) is 0 Å². The minimum Gasteiger partial charge on any atom is -0.497 e. The van der Waals surface area contributed by atoms with Gasteiger partial charge >= 0.3 is 6.09 Å². The van der Waals surface area contributed by atoms with Crippen molar-refractivity contribution in [1.82, 2.24) is 4.90 Å². The van der Waals surface area contributed by atoms with Gasteiger partial charge in [0.25, 0.3) is 0 Å². The Balaban J connectivity index is 2.54. The molecule has 1 amide bonds. The van der Waals surface area contributed by atoms with E-state index in [-0.39, 0.29) is 12.1 Å². The van der Waals surface area contributed by atoms with Crippen molar-refractivity contribution in [3.05, 3.63) is 39.9 Å².